The summed E-state index contributed by atoms with van der Waals surface area (Å²) >= 11 is 5.91. The van der Waals surface area contributed by atoms with E-state index in [9.17, 15) is 15.4 Å². The lowest BCUT2D eigenvalue weighted by Gasteiger charge is -2.13. The van der Waals surface area contributed by atoms with Crippen LogP contribution in [0.3, 0.4) is 0 Å². The predicted molar refractivity (Wildman–Crippen MR) is 120 cm³/mol. The molecule has 0 fully saturated rings. The summed E-state index contributed by atoms with van der Waals surface area (Å²) in [5, 5.41) is 21.3. The number of non-ortho nitro benzene ring substituents is 1. The fraction of sp³-hybridized carbons (Fsp3) is 0.125. The van der Waals surface area contributed by atoms with Crippen molar-refractivity contribution in [1.29, 1.82) is 5.26 Å². The average Bonchev–Trinajstić information content (AvgIpc) is 2.78. The second-order valence-electron chi connectivity index (χ2n) is 6.53. The van der Waals surface area contributed by atoms with Gasteiger partial charge in [0.25, 0.3) is 5.69 Å². The van der Waals surface area contributed by atoms with E-state index in [2.05, 4.69) is 6.07 Å². The summed E-state index contributed by atoms with van der Waals surface area (Å²) in [7, 11) is 0. The van der Waals surface area contributed by atoms with Gasteiger partial charge in [-0.15, -0.1) is 0 Å². The fourth-order valence-corrected chi connectivity index (χ4v) is 3.00. The maximum atomic E-state index is 11.0. The zero-order chi connectivity index (χ0) is 22.2. The molecule has 0 heterocycles. The van der Waals surface area contributed by atoms with Crippen molar-refractivity contribution in [2.75, 3.05) is 6.61 Å². The number of halogens is 1. The van der Waals surface area contributed by atoms with Gasteiger partial charge in [0, 0.05) is 17.2 Å². The number of nitro benzene ring substituents is 1. The molecule has 0 aliphatic carbocycles. The van der Waals surface area contributed by atoms with Gasteiger partial charge in [-0.05, 0) is 54.0 Å². The highest BCUT2D eigenvalue weighted by Gasteiger charge is 2.11. The van der Waals surface area contributed by atoms with Crippen molar-refractivity contribution in [3.05, 3.63) is 98.6 Å². The fourth-order valence-electron chi connectivity index (χ4n) is 2.88. The molecule has 0 aliphatic heterocycles. The van der Waals surface area contributed by atoms with Gasteiger partial charge in [-0.3, -0.25) is 10.1 Å². The summed E-state index contributed by atoms with van der Waals surface area (Å²) in [5.41, 5.74) is 2.39. The molecule has 3 aromatic carbocycles. The first-order valence-electron chi connectivity index (χ1n) is 9.51. The highest BCUT2D eigenvalue weighted by Crippen LogP contribution is 2.31. The number of rotatable bonds is 8. The van der Waals surface area contributed by atoms with Crippen molar-refractivity contribution in [2.24, 2.45) is 0 Å². The molecular formula is C24H19ClN2O4. The summed E-state index contributed by atoms with van der Waals surface area (Å²) in [5.74, 6) is 1.12. The highest BCUT2D eigenvalue weighted by molar-refractivity contribution is 6.30. The molecule has 0 N–H and O–H groups in total. The molecule has 0 unspecified atom stereocenters. The van der Waals surface area contributed by atoms with E-state index in [1.165, 1.54) is 12.1 Å². The Balaban J connectivity index is 1.86. The van der Waals surface area contributed by atoms with E-state index >= 15 is 0 Å². The third-order valence-corrected chi connectivity index (χ3v) is 4.63. The Morgan fingerprint density at radius 2 is 1.87 bits per heavy atom. The van der Waals surface area contributed by atoms with Crippen LogP contribution >= 0.6 is 11.6 Å². The molecule has 156 valence electrons. The van der Waals surface area contributed by atoms with Gasteiger partial charge in [-0.2, -0.15) is 5.26 Å². The summed E-state index contributed by atoms with van der Waals surface area (Å²) < 4.78 is 11.6. The van der Waals surface area contributed by atoms with Crippen LogP contribution in [0.1, 0.15) is 23.6 Å². The lowest BCUT2D eigenvalue weighted by molar-refractivity contribution is -0.384. The van der Waals surface area contributed by atoms with E-state index in [4.69, 9.17) is 21.1 Å². The van der Waals surface area contributed by atoms with Crippen LogP contribution in [0.15, 0.2) is 66.7 Å². The molecule has 31 heavy (non-hydrogen) atoms. The molecule has 0 aliphatic rings. The topological polar surface area (TPSA) is 85.4 Å². The monoisotopic (exact) mass is 434 g/mol. The van der Waals surface area contributed by atoms with Crippen LogP contribution in [0.4, 0.5) is 5.69 Å². The van der Waals surface area contributed by atoms with Crippen molar-refractivity contribution in [1.82, 2.24) is 0 Å². The van der Waals surface area contributed by atoms with Crippen LogP contribution in [0.5, 0.6) is 11.5 Å². The first-order valence-corrected chi connectivity index (χ1v) is 9.88. The van der Waals surface area contributed by atoms with Crippen LogP contribution in [0.2, 0.25) is 5.02 Å². The van der Waals surface area contributed by atoms with Crippen molar-refractivity contribution in [3.63, 3.8) is 0 Å². The molecule has 0 bridgehead atoms. The first-order chi connectivity index (χ1) is 15.0. The van der Waals surface area contributed by atoms with Crippen LogP contribution in [0.25, 0.3) is 11.6 Å². The number of nitriles is 1. The summed E-state index contributed by atoms with van der Waals surface area (Å²) in [6.45, 7) is 2.67. The molecule has 0 saturated heterocycles. The normalized spacial score (nSPS) is 10.9. The van der Waals surface area contributed by atoms with Gasteiger partial charge >= 0.3 is 0 Å². The minimum absolute atomic E-state index is 0.0698. The Hall–Kier alpha value is -3.82. The van der Waals surface area contributed by atoms with Crippen molar-refractivity contribution < 1.29 is 14.4 Å². The van der Waals surface area contributed by atoms with Crippen LogP contribution in [-0.4, -0.2) is 11.5 Å². The summed E-state index contributed by atoms with van der Waals surface area (Å²) in [4.78, 5) is 10.5. The molecule has 0 atom stereocenters. The van der Waals surface area contributed by atoms with Gasteiger partial charge in [0.2, 0.25) is 0 Å². The zero-order valence-electron chi connectivity index (χ0n) is 16.7. The van der Waals surface area contributed by atoms with Gasteiger partial charge in [-0.1, -0.05) is 41.9 Å². The van der Waals surface area contributed by atoms with E-state index in [-0.39, 0.29) is 5.69 Å². The third kappa shape index (κ3) is 5.84. The van der Waals surface area contributed by atoms with Gasteiger partial charge in [0.1, 0.15) is 6.61 Å². The largest absolute Gasteiger partial charge is 0.490 e. The van der Waals surface area contributed by atoms with Crippen molar-refractivity contribution in [3.8, 4) is 17.6 Å². The van der Waals surface area contributed by atoms with Gasteiger partial charge in [0.05, 0.1) is 23.2 Å². The van der Waals surface area contributed by atoms with Gasteiger partial charge in [0.15, 0.2) is 11.5 Å². The second-order valence-corrected chi connectivity index (χ2v) is 6.97. The minimum atomic E-state index is -0.488. The quantitative estimate of drug-likeness (QED) is 0.180. The van der Waals surface area contributed by atoms with Crippen molar-refractivity contribution in [2.45, 2.75) is 13.5 Å². The number of allylic oxidation sites excluding steroid dienone is 1. The Morgan fingerprint density at radius 1 is 1.10 bits per heavy atom. The molecule has 0 amide bonds. The van der Waals surface area contributed by atoms with Crippen molar-refractivity contribution >= 4 is 28.9 Å². The summed E-state index contributed by atoms with van der Waals surface area (Å²) in [6.07, 6.45) is 1.66. The maximum absolute atomic E-state index is 11.0. The molecule has 6 nitrogen and oxygen atoms in total. The Bertz CT molecular complexity index is 1150. The number of nitrogens with zero attached hydrogens (tertiary/aromatic N) is 2. The smallest absolute Gasteiger partial charge is 0.270 e. The van der Waals surface area contributed by atoms with E-state index in [0.29, 0.717) is 46.4 Å². The lowest BCUT2D eigenvalue weighted by Crippen LogP contribution is -2.00. The molecule has 3 aromatic rings. The number of hydrogen-bond donors (Lipinski definition) is 0. The molecule has 0 radical (unpaired) electrons. The summed E-state index contributed by atoms with van der Waals surface area (Å²) in [6, 6.07) is 20.8. The molecule has 3 rings (SSSR count). The standard InChI is InChI=1S/C24H19ClN2O4/c1-2-30-24-13-18(8-11-23(24)31-16-17-6-9-21(25)10-7-17)12-20(15-26)19-4-3-5-22(14-19)27(28)29/h3-14H,2,16H2,1H3. The highest BCUT2D eigenvalue weighted by atomic mass is 35.5. The van der Waals surface area contributed by atoms with E-state index in [1.807, 2.05) is 19.1 Å². The Morgan fingerprint density at radius 3 is 2.55 bits per heavy atom. The third-order valence-electron chi connectivity index (χ3n) is 4.37. The molecule has 0 aromatic heterocycles. The number of ether oxygens (including phenoxy) is 2. The average molecular weight is 435 g/mol. The zero-order valence-corrected chi connectivity index (χ0v) is 17.5. The minimum Gasteiger partial charge on any atom is -0.490 e. The second kappa shape index (κ2) is 10.3. The van der Waals surface area contributed by atoms with E-state index < -0.39 is 4.92 Å². The number of hydrogen-bond acceptors (Lipinski definition) is 5. The predicted octanol–water partition coefficient (Wildman–Crippen LogP) is 6.29. The van der Waals surface area contributed by atoms with Gasteiger partial charge < -0.3 is 9.47 Å². The Kier molecular flexibility index (Phi) is 7.26. The maximum Gasteiger partial charge on any atom is 0.270 e. The Labute approximate surface area is 185 Å². The molecular weight excluding hydrogens is 416 g/mol. The SMILES string of the molecule is CCOc1cc(C=C(C#N)c2cccc([N+](=O)[O-])c2)ccc1OCc1ccc(Cl)cc1. The number of benzene rings is 3. The van der Waals surface area contributed by atoms with Gasteiger partial charge in [-0.25, -0.2) is 0 Å². The molecule has 7 heteroatoms. The van der Waals surface area contributed by atoms with Crippen LogP contribution < -0.4 is 9.47 Å². The molecule has 0 saturated carbocycles. The van der Waals surface area contributed by atoms with Crippen LogP contribution in [-0.2, 0) is 6.61 Å². The van der Waals surface area contributed by atoms with E-state index in [1.54, 1.807) is 48.5 Å². The first kappa shape index (κ1) is 21.9. The number of nitro groups is 1. The molecule has 0 spiro atoms. The van der Waals surface area contributed by atoms with E-state index in [0.717, 1.165) is 5.56 Å². The lowest BCUT2D eigenvalue weighted by atomic mass is 10.0. The van der Waals surface area contributed by atoms with Crippen LogP contribution in [0, 0.1) is 21.4 Å².